The highest BCUT2D eigenvalue weighted by atomic mass is 35.5. The summed E-state index contributed by atoms with van der Waals surface area (Å²) in [5, 5.41) is 4.60. The number of nitrogens with two attached hydrogens (primary N) is 1. The molecule has 2 aromatic rings. The Morgan fingerprint density at radius 2 is 2.00 bits per heavy atom. The SMILES string of the molecule is Cl.Nc1ccc(-c2nc(C3CCCC3)no2)c(Cl)c1. The van der Waals surface area contributed by atoms with Crippen LogP contribution < -0.4 is 5.73 Å². The molecule has 1 aromatic heterocycles. The highest BCUT2D eigenvalue weighted by Crippen LogP contribution is 2.34. The summed E-state index contributed by atoms with van der Waals surface area (Å²) in [6.45, 7) is 0. The Morgan fingerprint density at radius 1 is 1.26 bits per heavy atom. The van der Waals surface area contributed by atoms with E-state index in [0.29, 0.717) is 22.5 Å². The monoisotopic (exact) mass is 299 g/mol. The second-order valence-electron chi connectivity index (χ2n) is 4.68. The molecule has 0 saturated heterocycles. The molecule has 102 valence electrons. The molecule has 0 bridgehead atoms. The topological polar surface area (TPSA) is 64.9 Å². The Hall–Kier alpha value is -1.26. The maximum Gasteiger partial charge on any atom is 0.259 e. The summed E-state index contributed by atoms with van der Waals surface area (Å²) in [6.07, 6.45) is 4.79. The van der Waals surface area contributed by atoms with Gasteiger partial charge in [0.05, 0.1) is 10.6 Å². The molecule has 4 nitrogen and oxygen atoms in total. The maximum absolute atomic E-state index is 6.13. The Bertz CT molecular complexity index is 565. The van der Waals surface area contributed by atoms with E-state index in [2.05, 4.69) is 10.1 Å². The molecule has 0 amide bonds. The highest BCUT2D eigenvalue weighted by Gasteiger charge is 2.23. The zero-order valence-corrected chi connectivity index (χ0v) is 11.9. The van der Waals surface area contributed by atoms with Crippen LogP contribution in [-0.2, 0) is 0 Å². The number of rotatable bonds is 2. The van der Waals surface area contributed by atoms with Crippen molar-refractivity contribution >= 4 is 29.7 Å². The van der Waals surface area contributed by atoms with Crippen LogP contribution in [0.2, 0.25) is 5.02 Å². The number of benzene rings is 1. The van der Waals surface area contributed by atoms with Gasteiger partial charge in [-0.25, -0.2) is 0 Å². The van der Waals surface area contributed by atoms with E-state index in [0.717, 1.165) is 24.2 Å². The lowest BCUT2D eigenvalue weighted by atomic mass is 10.1. The molecule has 1 aliphatic carbocycles. The van der Waals surface area contributed by atoms with Gasteiger partial charge in [0.25, 0.3) is 5.89 Å². The fourth-order valence-electron chi connectivity index (χ4n) is 2.40. The lowest BCUT2D eigenvalue weighted by Gasteiger charge is -2.01. The maximum atomic E-state index is 6.13. The van der Waals surface area contributed by atoms with Crippen molar-refractivity contribution in [3.05, 3.63) is 29.0 Å². The van der Waals surface area contributed by atoms with E-state index >= 15 is 0 Å². The van der Waals surface area contributed by atoms with Gasteiger partial charge in [-0.3, -0.25) is 0 Å². The number of hydrogen-bond donors (Lipinski definition) is 1. The molecule has 1 heterocycles. The van der Waals surface area contributed by atoms with Crippen LogP contribution in [0.25, 0.3) is 11.5 Å². The van der Waals surface area contributed by atoms with Gasteiger partial charge in [0, 0.05) is 11.6 Å². The first-order valence-corrected chi connectivity index (χ1v) is 6.51. The van der Waals surface area contributed by atoms with Crippen molar-refractivity contribution in [2.24, 2.45) is 0 Å². The molecule has 1 saturated carbocycles. The Labute approximate surface area is 122 Å². The molecular formula is C13H15Cl2N3O. The van der Waals surface area contributed by atoms with Gasteiger partial charge in [-0.2, -0.15) is 4.98 Å². The summed E-state index contributed by atoms with van der Waals surface area (Å²) in [4.78, 5) is 4.45. The zero-order valence-electron chi connectivity index (χ0n) is 10.3. The first kappa shape index (κ1) is 14.2. The molecule has 0 unspecified atom stereocenters. The van der Waals surface area contributed by atoms with E-state index in [1.165, 1.54) is 12.8 Å². The minimum Gasteiger partial charge on any atom is -0.399 e. The van der Waals surface area contributed by atoms with Crippen molar-refractivity contribution in [3.8, 4) is 11.5 Å². The van der Waals surface area contributed by atoms with E-state index in [9.17, 15) is 0 Å². The van der Waals surface area contributed by atoms with Crippen LogP contribution in [0.3, 0.4) is 0 Å². The third-order valence-corrected chi connectivity index (χ3v) is 3.70. The minimum atomic E-state index is 0. The molecule has 0 atom stereocenters. The van der Waals surface area contributed by atoms with E-state index in [4.69, 9.17) is 21.9 Å². The fraction of sp³-hybridized carbons (Fsp3) is 0.385. The van der Waals surface area contributed by atoms with Gasteiger partial charge >= 0.3 is 0 Å². The Balaban J connectivity index is 0.00000133. The van der Waals surface area contributed by atoms with Crippen LogP contribution in [0.1, 0.15) is 37.4 Å². The van der Waals surface area contributed by atoms with E-state index in [-0.39, 0.29) is 12.4 Å². The zero-order chi connectivity index (χ0) is 12.5. The lowest BCUT2D eigenvalue weighted by molar-refractivity contribution is 0.416. The molecule has 1 fully saturated rings. The largest absolute Gasteiger partial charge is 0.399 e. The standard InChI is InChI=1S/C13H14ClN3O.ClH/c14-11-7-9(15)5-6-10(11)13-16-12(17-18-13)8-3-1-2-4-8;/h5-8H,1-4,15H2;1H. The summed E-state index contributed by atoms with van der Waals surface area (Å²) < 4.78 is 5.30. The molecule has 6 heteroatoms. The summed E-state index contributed by atoms with van der Waals surface area (Å²) >= 11 is 6.13. The van der Waals surface area contributed by atoms with E-state index in [1.54, 1.807) is 12.1 Å². The van der Waals surface area contributed by atoms with Gasteiger partial charge in [-0.05, 0) is 31.0 Å². The quantitative estimate of drug-likeness (QED) is 0.850. The van der Waals surface area contributed by atoms with Gasteiger partial charge < -0.3 is 10.3 Å². The summed E-state index contributed by atoms with van der Waals surface area (Å²) in [5.41, 5.74) is 7.02. The smallest absolute Gasteiger partial charge is 0.259 e. The molecule has 0 radical (unpaired) electrons. The van der Waals surface area contributed by atoms with Crippen LogP contribution in [0.4, 0.5) is 5.69 Å². The summed E-state index contributed by atoms with van der Waals surface area (Å²) in [5.74, 6) is 1.72. The Morgan fingerprint density at radius 3 is 2.68 bits per heavy atom. The number of nitrogens with zero attached hydrogens (tertiary/aromatic N) is 2. The molecule has 0 spiro atoms. The van der Waals surface area contributed by atoms with Crippen LogP contribution in [-0.4, -0.2) is 10.1 Å². The van der Waals surface area contributed by atoms with Crippen LogP contribution in [0.5, 0.6) is 0 Å². The summed E-state index contributed by atoms with van der Waals surface area (Å²) in [7, 11) is 0. The number of anilines is 1. The molecule has 1 aliphatic rings. The van der Waals surface area contributed by atoms with Crippen molar-refractivity contribution in [1.82, 2.24) is 10.1 Å². The van der Waals surface area contributed by atoms with Gasteiger partial charge in [-0.1, -0.05) is 29.6 Å². The van der Waals surface area contributed by atoms with Crippen molar-refractivity contribution in [1.29, 1.82) is 0 Å². The molecule has 3 rings (SSSR count). The van der Waals surface area contributed by atoms with Gasteiger partial charge in [-0.15, -0.1) is 12.4 Å². The van der Waals surface area contributed by atoms with Gasteiger partial charge in [0.2, 0.25) is 0 Å². The fourth-order valence-corrected chi connectivity index (χ4v) is 2.67. The Kier molecular flexibility index (Phi) is 4.32. The molecule has 1 aromatic carbocycles. The van der Waals surface area contributed by atoms with E-state index in [1.807, 2.05) is 6.07 Å². The molecular weight excluding hydrogens is 285 g/mol. The van der Waals surface area contributed by atoms with Crippen molar-refractivity contribution in [2.75, 3.05) is 5.73 Å². The number of nitrogen functional groups attached to an aromatic ring is 1. The molecule has 0 aliphatic heterocycles. The second kappa shape index (κ2) is 5.80. The van der Waals surface area contributed by atoms with Crippen molar-refractivity contribution in [2.45, 2.75) is 31.6 Å². The number of hydrogen-bond acceptors (Lipinski definition) is 4. The average Bonchev–Trinajstić information content (AvgIpc) is 2.99. The third kappa shape index (κ3) is 2.85. The first-order chi connectivity index (χ1) is 8.74. The van der Waals surface area contributed by atoms with Gasteiger partial charge in [0.15, 0.2) is 5.82 Å². The average molecular weight is 300 g/mol. The van der Waals surface area contributed by atoms with E-state index < -0.39 is 0 Å². The number of halogens is 2. The highest BCUT2D eigenvalue weighted by molar-refractivity contribution is 6.33. The first-order valence-electron chi connectivity index (χ1n) is 6.13. The van der Waals surface area contributed by atoms with Crippen LogP contribution in [0, 0.1) is 0 Å². The third-order valence-electron chi connectivity index (χ3n) is 3.39. The summed E-state index contributed by atoms with van der Waals surface area (Å²) in [6, 6.07) is 5.28. The van der Waals surface area contributed by atoms with Gasteiger partial charge in [0.1, 0.15) is 0 Å². The van der Waals surface area contributed by atoms with Crippen LogP contribution >= 0.6 is 24.0 Å². The normalized spacial score (nSPS) is 15.4. The predicted octanol–water partition coefficient (Wildman–Crippen LogP) is 4.05. The molecule has 19 heavy (non-hydrogen) atoms. The van der Waals surface area contributed by atoms with Crippen molar-refractivity contribution < 1.29 is 4.52 Å². The molecule has 2 N–H and O–H groups in total. The number of aromatic nitrogens is 2. The van der Waals surface area contributed by atoms with Crippen LogP contribution in [0.15, 0.2) is 22.7 Å². The minimum absolute atomic E-state index is 0. The lowest BCUT2D eigenvalue weighted by Crippen LogP contribution is -1.94. The second-order valence-corrected chi connectivity index (χ2v) is 5.09. The predicted molar refractivity (Wildman–Crippen MR) is 77.6 cm³/mol. The van der Waals surface area contributed by atoms with Crippen molar-refractivity contribution in [3.63, 3.8) is 0 Å².